The van der Waals surface area contributed by atoms with Crippen molar-refractivity contribution < 1.29 is 24.1 Å². The van der Waals surface area contributed by atoms with Gasteiger partial charge in [-0.2, -0.15) is 0 Å². The van der Waals surface area contributed by atoms with Crippen LogP contribution in [0.5, 0.6) is 17.2 Å². The van der Waals surface area contributed by atoms with Crippen LogP contribution in [-0.2, 0) is 11.4 Å². The van der Waals surface area contributed by atoms with Crippen LogP contribution in [0.2, 0.25) is 0 Å². The van der Waals surface area contributed by atoms with Crippen molar-refractivity contribution in [2.45, 2.75) is 38.0 Å². The van der Waals surface area contributed by atoms with Crippen LogP contribution in [0, 0.1) is 0 Å². The van der Waals surface area contributed by atoms with Crippen molar-refractivity contribution in [3.8, 4) is 17.2 Å². The molecule has 1 N–H and O–H groups in total. The average molecular weight is 462 g/mol. The first kappa shape index (κ1) is 23.6. The molecule has 0 aromatic heterocycles. The fourth-order valence-electron chi connectivity index (χ4n) is 4.67. The van der Waals surface area contributed by atoms with Gasteiger partial charge < -0.3 is 19.3 Å². The summed E-state index contributed by atoms with van der Waals surface area (Å²) in [5, 5.41) is 10.1. The van der Waals surface area contributed by atoms with Crippen molar-refractivity contribution in [2.75, 3.05) is 20.8 Å². The van der Waals surface area contributed by atoms with E-state index < -0.39 is 12.0 Å². The van der Waals surface area contributed by atoms with Gasteiger partial charge in [0.2, 0.25) is 0 Å². The Hall–Kier alpha value is -3.51. The SMILES string of the molecule is COc1ccc(C(c2ccccc2OCc2ccccc2)N2CCCCC2C(=O)O)c(OC)c1. The second-order valence-electron chi connectivity index (χ2n) is 8.41. The van der Waals surface area contributed by atoms with E-state index in [1.807, 2.05) is 72.8 Å². The second-order valence-corrected chi connectivity index (χ2v) is 8.41. The van der Waals surface area contributed by atoms with Crippen molar-refractivity contribution in [3.63, 3.8) is 0 Å². The number of aliphatic carboxylic acids is 1. The van der Waals surface area contributed by atoms with Crippen molar-refractivity contribution in [3.05, 3.63) is 89.5 Å². The van der Waals surface area contributed by atoms with Gasteiger partial charge in [0.15, 0.2) is 0 Å². The minimum Gasteiger partial charge on any atom is -0.497 e. The number of hydrogen-bond donors (Lipinski definition) is 1. The molecule has 3 aromatic carbocycles. The Labute approximate surface area is 200 Å². The molecule has 2 atom stereocenters. The van der Waals surface area contributed by atoms with Gasteiger partial charge in [0.05, 0.1) is 20.3 Å². The fraction of sp³-hybridized carbons (Fsp3) is 0.321. The third-order valence-corrected chi connectivity index (χ3v) is 6.35. The molecule has 0 saturated carbocycles. The lowest BCUT2D eigenvalue weighted by Crippen LogP contribution is -2.47. The zero-order valence-electron chi connectivity index (χ0n) is 19.6. The topological polar surface area (TPSA) is 68.2 Å². The van der Waals surface area contributed by atoms with Crippen LogP contribution in [0.3, 0.4) is 0 Å². The maximum Gasteiger partial charge on any atom is 0.320 e. The number of ether oxygens (including phenoxy) is 3. The number of benzene rings is 3. The molecule has 1 heterocycles. The molecular weight excluding hydrogens is 430 g/mol. The summed E-state index contributed by atoms with van der Waals surface area (Å²) < 4.78 is 17.4. The normalized spacial score (nSPS) is 17.1. The number of piperidine rings is 1. The largest absolute Gasteiger partial charge is 0.497 e. The van der Waals surface area contributed by atoms with E-state index in [1.165, 1.54) is 0 Å². The minimum absolute atomic E-state index is 0.353. The van der Waals surface area contributed by atoms with E-state index in [2.05, 4.69) is 4.90 Å². The van der Waals surface area contributed by atoms with Gasteiger partial charge in [-0.1, -0.05) is 55.0 Å². The number of rotatable bonds is 9. The fourth-order valence-corrected chi connectivity index (χ4v) is 4.67. The first-order chi connectivity index (χ1) is 16.6. The van der Waals surface area contributed by atoms with E-state index in [0.29, 0.717) is 31.1 Å². The van der Waals surface area contributed by atoms with Crippen LogP contribution >= 0.6 is 0 Å². The van der Waals surface area contributed by atoms with E-state index >= 15 is 0 Å². The summed E-state index contributed by atoms with van der Waals surface area (Å²) in [6.45, 7) is 1.09. The number of carboxylic acids is 1. The number of para-hydroxylation sites is 1. The Morgan fingerprint density at radius 2 is 1.68 bits per heavy atom. The third-order valence-electron chi connectivity index (χ3n) is 6.35. The van der Waals surface area contributed by atoms with Gasteiger partial charge in [0, 0.05) is 17.2 Å². The Balaban J connectivity index is 1.80. The molecular formula is C28H31NO5. The predicted octanol–water partition coefficient (Wildman–Crippen LogP) is 5.31. The zero-order valence-corrected chi connectivity index (χ0v) is 19.6. The number of methoxy groups -OCH3 is 2. The van der Waals surface area contributed by atoms with Crippen molar-refractivity contribution in [1.82, 2.24) is 4.90 Å². The quantitative estimate of drug-likeness (QED) is 0.466. The molecule has 178 valence electrons. The highest BCUT2D eigenvalue weighted by atomic mass is 16.5. The molecule has 1 saturated heterocycles. The van der Waals surface area contributed by atoms with Gasteiger partial charge >= 0.3 is 5.97 Å². The van der Waals surface area contributed by atoms with Crippen molar-refractivity contribution in [1.29, 1.82) is 0 Å². The summed E-state index contributed by atoms with van der Waals surface area (Å²) in [6.07, 6.45) is 2.44. The summed E-state index contributed by atoms with van der Waals surface area (Å²) in [7, 11) is 3.24. The molecule has 6 nitrogen and oxygen atoms in total. The Bertz CT molecular complexity index is 1100. The summed E-state index contributed by atoms with van der Waals surface area (Å²) in [5.41, 5.74) is 2.86. The van der Waals surface area contributed by atoms with Gasteiger partial charge in [-0.3, -0.25) is 9.69 Å². The minimum atomic E-state index is -0.806. The van der Waals surface area contributed by atoms with Crippen LogP contribution in [0.15, 0.2) is 72.8 Å². The maximum atomic E-state index is 12.3. The highest BCUT2D eigenvalue weighted by Crippen LogP contribution is 2.43. The summed E-state index contributed by atoms with van der Waals surface area (Å²) in [5.74, 6) is 1.25. The molecule has 0 bridgehead atoms. The van der Waals surface area contributed by atoms with Crippen molar-refractivity contribution in [2.24, 2.45) is 0 Å². The highest BCUT2D eigenvalue weighted by molar-refractivity contribution is 5.74. The average Bonchev–Trinajstić information content (AvgIpc) is 2.89. The van der Waals surface area contributed by atoms with E-state index in [4.69, 9.17) is 14.2 Å². The van der Waals surface area contributed by atoms with Gasteiger partial charge in [-0.25, -0.2) is 0 Å². The second kappa shape index (κ2) is 11.1. The first-order valence-electron chi connectivity index (χ1n) is 11.6. The highest BCUT2D eigenvalue weighted by Gasteiger charge is 2.37. The van der Waals surface area contributed by atoms with E-state index in [0.717, 1.165) is 35.3 Å². The summed E-state index contributed by atoms with van der Waals surface area (Å²) >= 11 is 0. The van der Waals surface area contributed by atoms with Crippen LogP contribution < -0.4 is 14.2 Å². The third kappa shape index (κ3) is 5.18. The first-order valence-corrected chi connectivity index (χ1v) is 11.6. The molecule has 6 heteroatoms. The van der Waals surface area contributed by atoms with Crippen LogP contribution in [0.1, 0.15) is 42.0 Å². The molecule has 1 fully saturated rings. The lowest BCUT2D eigenvalue weighted by atomic mass is 9.90. The summed E-state index contributed by atoms with van der Waals surface area (Å²) in [4.78, 5) is 14.3. The molecule has 1 aliphatic rings. The Morgan fingerprint density at radius 3 is 2.41 bits per heavy atom. The number of likely N-dealkylation sites (tertiary alicyclic amines) is 1. The molecule has 0 radical (unpaired) electrons. The Kier molecular flexibility index (Phi) is 7.70. The molecule has 0 amide bonds. The standard InChI is InChI=1S/C28H31NO5/c1-32-21-15-16-23(26(18-21)33-2)27(29-17-9-8-13-24(29)28(30)31)22-12-6-7-14-25(22)34-19-20-10-4-3-5-11-20/h3-7,10-12,14-16,18,24,27H,8-9,13,17,19H2,1-2H3,(H,30,31). The maximum absolute atomic E-state index is 12.3. The lowest BCUT2D eigenvalue weighted by Gasteiger charge is -2.40. The van der Waals surface area contributed by atoms with Gasteiger partial charge in [0.1, 0.15) is 29.9 Å². The lowest BCUT2D eigenvalue weighted by molar-refractivity contribution is -0.145. The van der Waals surface area contributed by atoms with Crippen molar-refractivity contribution >= 4 is 5.97 Å². The van der Waals surface area contributed by atoms with Crippen LogP contribution in [0.4, 0.5) is 0 Å². The zero-order chi connectivity index (χ0) is 23.9. The number of hydrogen-bond acceptors (Lipinski definition) is 5. The molecule has 0 aliphatic carbocycles. The van der Waals surface area contributed by atoms with Crippen LogP contribution in [0.25, 0.3) is 0 Å². The molecule has 2 unspecified atom stereocenters. The Morgan fingerprint density at radius 1 is 0.941 bits per heavy atom. The molecule has 0 spiro atoms. The number of nitrogens with zero attached hydrogens (tertiary/aromatic N) is 1. The van der Waals surface area contributed by atoms with Gasteiger partial charge in [-0.05, 0) is 43.1 Å². The summed E-state index contributed by atoms with van der Waals surface area (Å²) in [6, 6.07) is 22.6. The monoisotopic (exact) mass is 461 g/mol. The molecule has 34 heavy (non-hydrogen) atoms. The van der Waals surface area contributed by atoms with Crippen LogP contribution in [-0.4, -0.2) is 42.8 Å². The number of carboxylic acid groups (broad SMARTS) is 1. The smallest absolute Gasteiger partial charge is 0.320 e. The van der Waals surface area contributed by atoms with E-state index in [9.17, 15) is 9.90 Å². The molecule has 1 aliphatic heterocycles. The van der Waals surface area contributed by atoms with E-state index in [-0.39, 0.29) is 6.04 Å². The predicted molar refractivity (Wildman–Crippen MR) is 131 cm³/mol. The van der Waals surface area contributed by atoms with Gasteiger partial charge in [-0.15, -0.1) is 0 Å². The molecule has 4 rings (SSSR count). The van der Waals surface area contributed by atoms with Gasteiger partial charge in [0.25, 0.3) is 0 Å². The van der Waals surface area contributed by atoms with E-state index in [1.54, 1.807) is 14.2 Å². The number of carbonyl (C=O) groups is 1. The molecule has 3 aromatic rings.